The van der Waals surface area contributed by atoms with Gasteiger partial charge in [-0.25, -0.2) is 4.98 Å². The van der Waals surface area contributed by atoms with Gasteiger partial charge in [0.2, 0.25) is 0 Å². The van der Waals surface area contributed by atoms with Gasteiger partial charge in [0, 0.05) is 23.3 Å². The summed E-state index contributed by atoms with van der Waals surface area (Å²) >= 11 is 5.14. The first-order chi connectivity index (χ1) is 10.2. The van der Waals surface area contributed by atoms with Crippen LogP contribution in [0.2, 0.25) is 0 Å². The minimum Gasteiger partial charge on any atom is -0.309 e. The smallest absolute Gasteiger partial charge is 0.115 e. The van der Waals surface area contributed by atoms with Crippen LogP contribution in [0.5, 0.6) is 0 Å². The number of hydrogen-bond donors (Lipinski definition) is 1. The number of pyridine rings is 2. The molecule has 0 aliphatic rings. The molecular formula is C16H20BrN3S. The number of nitrogens with one attached hydrogen (secondary N) is 1. The molecule has 2 heterocycles. The molecule has 0 aliphatic heterocycles. The summed E-state index contributed by atoms with van der Waals surface area (Å²) in [6, 6.07) is 8.48. The van der Waals surface area contributed by atoms with Gasteiger partial charge in [-0.2, -0.15) is 0 Å². The summed E-state index contributed by atoms with van der Waals surface area (Å²) in [5.74, 6) is 0. The Morgan fingerprint density at radius 1 is 1.24 bits per heavy atom. The van der Waals surface area contributed by atoms with Crippen molar-refractivity contribution in [3.63, 3.8) is 0 Å². The second-order valence-corrected chi connectivity index (χ2v) is 6.64. The van der Waals surface area contributed by atoms with Crippen molar-refractivity contribution in [1.82, 2.24) is 15.3 Å². The highest BCUT2D eigenvalue weighted by Gasteiger charge is 2.10. The van der Waals surface area contributed by atoms with E-state index >= 15 is 0 Å². The number of aromatic nitrogens is 2. The normalized spacial score (nSPS) is 12.3. The van der Waals surface area contributed by atoms with Gasteiger partial charge < -0.3 is 5.32 Å². The van der Waals surface area contributed by atoms with Gasteiger partial charge in [-0.15, -0.1) is 0 Å². The van der Waals surface area contributed by atoms with Crippen molar-refractivity contribution in [3.8, 4) is 0 Å². The first kappa shape index (κ1) is 16.5. The van der Waals surface area contributed by atoms with E-state index in [1.807, 2.05) is 18.3 Å². The zero-order chi connectivity index (χ0) is 15.1. The van der Waals surface area contributed by atoms with Gasteiger partial charge in [0.05, 0.1) is 10.2 Å². The van der Waals surface area contributed by atoms with Crippen LogP contribution in [0.25, 0.3) is 0 Å². The van der Waals surface area contributed by atoms with Crippen LogP contribution >= 0.6 is 27.7 Å². The van der Waals surface area contributed by atoms with Crippen LogP contribution in [0.4, 0.5) is 0 Å². The van der Waals surface area contributed by atoms with Crippen LogP contribution in [0.3, 0.4) is 0 Å². The van der Waals surface area contributed by atoms with Crippen LogP contribution in [-0.2, 0) is 0 Å². The lowest BCUT2D eigenvalue weighted by Crippen LogP contribution is -2.22. The Hall–Kier alpha value is -0.910. The zero-order valence-corrected chi connectivity index (χ0v) is 14.7. The lowest BCUT2D eigenvalue weighted by molar-refractivity contribution is 0.507. The monoisotopic (exact) mass is 365 g/mol. The number of rotatable bonds is 7. The summed E-state index contributed by atoms with van der Waals surface area (Å²) in [4.78, 5) is 10.1. The van der Waals surface area contributed by atoms with Crippen LogP contribution in [0.1, 0.15) is 38.4 Å². The SMILES string of the molecule is CCCNC(CC)c1ccc(Sc2ncccc2Br)cn1. The summed E-state index contributed by atoms with van der Waals surface area (Å²) in [5, 5.41) is 4.49. The van der Waals surface area contributed by atoms with E-state index in [1.54, 1.807) is 18.0 Å². The minimum absolute atomic E-state index is 0.339. The Bertz CT molecular complexity index is 560. The molecule has 1 unspecified atom stereocenters. The molecule has 2 rings (SSSR count). The average molecular weight is 366 g/mol. The predicted octanol–water partition coefficient (Wildman–Crippen LogP) is 4.84. The van der Waals surface area contributed by atoms with Crippen LogP contribution < -0.4 is 5.32 Å². The van der Waals surface area contributed by atoms with E-state index in [0.717, 1.165) is 39.5 Å². The van der Waals surface area contributed by atoms with Gasteiger partial charge >= 0.3 is 0 Å². The van der Waals surface area contributed by atoms with Crippen molar-refractivity contribution in [2.24, 2.45) is 0 Å². The Balaban J connectivity index is 2.06. The second kappa shape index (κ2) is 8.51. The van der Waals surface area contributed by atoms with E-state index in [-0.39, 0.29) is 0 Å². The molecule has 5 heteroatoms. The van der Waals surface area contributed by atoms with Gasteiger partial charge in [-0.3, -0.25) is 4.98 Å². The molecule has 0 bridgehead atoms. The molecule has 0 aromatic carbocycles. The van der Waals surface area contributed by atoms with E-state index in [1.165, 1.54) is 0 Å². The zero-order valence-electron chi connectivity index (χ0n) is 12.3. The molecule has 0 amide bonds. The van der Waals surface area contributed by atoms with Crippen molar-refractivity contribution in [1.29, 1.82) is 0 Å². The maximum atomic E-state index is 4.60. The van der Waals surface area contributed by atoms with Gasteiger partial charge in [0.25, 0.3) is 0 Å². The first-order valence-electron chi connectivity index (χ1n) is 7.22. The average Bonchev–Trinajstić information content (AvgIpc) is 2.52. The third-order valence-electron chi connectivity index (χ3n) is 3.10. The largest absolute Gasteiger partial charge is 0.309 e. The molecule has 112 valence electrons. The van der Waals surface area contributed by atoms with Crippen molar-refractivity contribution >= 4 is 27.7 Å². The van der Waals surface area contributed by atoms with E-state index < -0.39 is 0 Å². The quantitative estimate of drug-likeness (QED) is 0.761. The predicted molar refractivity (Wildman–Crippen MR) is 91.6 cm³/mol. The summed E-state index contributed by atoms with van der Waals surface area (Å²) in [6.07, 6.45) is 5.91. The molecule has 2 aromatic rings. The van der Waals surface area contributed by atoms with E-state index in [4.69, 9.17) is 0 Å². The molecule has 0 radical (unpaired) electrons. The summed E-state index contributed by atoms with van der Waals surface area (Å²) < 4.78 is 1.01. The van der Waals surface area contributed by atoms with Crippen molar-refractivity contribution in [3.05, 3.63) is 46.8 Å². The highest BCUT2D eigenvalue weighted by molar-refractivity contribution is 9.10. The molecule has 0 spiro atoms. The number of halogens is 1. The van der Waals surface area contributed by atoms with Crippen LogP contribution in [-0.4, -0.2) is 16.5 Å². The van der Waals surface area contributed by atoms with Gasteiger partial charge in [0.15, 0.2) is 0 Å². The minimum atomic E-state index is 0.339. The molecule has 0 aliphatic carbocycles. The van der Waals surface area contributed by atoms with Crippen molar-refractivity contribution < 1.29 is 0 Å². The second-order valence-electron chi connectivity index (χ2n) is 4.73. The van der Waals surface area contributed by atoms with Gasteiger partial charge in [0.1, 0.15) is 5.03 Å². The molecular weight excluding hydrogens is 346 g/mol. The summed E-state index contributed by atoms with van der Waals surface area (Å²) in [5.41, 5.74) is 1.11. The van der Waals surface area contributed by atoms with Crippen LogP contribution in [0, 0.1) is 0 Å². The molecule has 0 saturated heterocycles. The van der Waals surface area contributed by atoms with Crippen molar-refractivity contribution in [2.45, 2.75) is 42.7 Å². The summed E-state index contributed by atoms with van der Waals surface area (Å²) in [7, 11) is 0. The summed E-state index contributed by atoms with van der Waals surface area (Å²) in [6.45, 7) is 5.39. The standard InChI is InChI=1S/C16H20BrN3S/c1-3-9-18-14(4-2)15-8-7-12(11-20-15)21-16-13(17)6-5-10-19-16/h5-8,10-11,14,18H,3-4,9H2,1-2H3. The molecule has 1 atom stereocenters. The van der Waals surface area contributed by atoms with Crippen molar-refractivity contribution in [2.75, 3.05) is 6.54 Å². The van der Waals surface area contributed by atoms with Crippen LogP contribution in [0.15, 0.2) is 51.1 Å². The third kappa shape index (κ3) is 4.80. The molecule has 0 fully saturated rings. The van der Waals surface area contributed by atoms with Gasteiger partial charge in [-0.1, -0.05) is 25.6 Å². The molecule has 1 N–H and O–H groups in total. The Kier molecular flexibility index (Phi) is 6.67. The topological polar surface area (TPSA) is 37.8 Å². The third-order valence-corrected chi connectivity index (χ3v) is 5.00. The fourth-order valence-electron chi connectivity index (χ4n) is 1.99. The maximum absolute atomic E-state index is 4.60. The highest BCUT2D eigenvalue weighted by Crippen LogP contribution is 2.31. The number of hydrogen-bond acceptors (Lipinski definition) is 4. The Morgan fingerprint density at radius 2 is 2.10 bits per heavy atom. The molecule has 21 heavy (non-hydrogen) atoms. The number of nitrogens with zero attached hydrogens (tertiary/aromatic N) is 2. The highest BCUT2D eigenvalue weighted by atomic mass is 79.9. The fraction of sp³-hybridized carbons (Fsp3) is 0.375. The lowest BCUT2D eigenvalue weighted by atomic mass is 10.1. The van der Waals surface area contributed by atoms with E-state index in [0.29, 0.717) is 6.04 Å². The molecule has 2 aromatic heterocycles. The van der Waals surface area contributed by atoms with E-state index in [9.17, 15) is 0 Å². The van der Waals surface area contributed by atoms with E-state index in [2.05, 4.69) is 57.2 Å². The maximum Gasteiger partial charge on any atom is 0.115 e. The Morgan fingerprint density at radius 3 is 2.71 bits per heavy atom. The Labute approximate surface area is 139 Å². The lowest BCUT2D eigenvalue weighted by Gasteiger charge is -2.16. The fourth-order valence-corrected chi connectivity index (χ4v) is 3.23. The first-order valence-corrected chi connectivity index (χ1v) is 8.83. The van der Waals surface area contributed by atoms with Gasteiger partial charge in [-0.05, 0) is 59.6 Å². The molecule has 3 nitrogen and oxygen atoms in total. The molecule has 0 saturated carbocycles.